The van der Waals surface area contributed by atoms with Gasteiger partial charge in [0.25, 0.3) is 5.91 Å². The summed E-state index contributed by atoms with van der Waals surface area (Å²) in [6.45, 7) is 3.94. The molecule has 1 aliphatic rings. The molecule has 1 fully saturated rings. The van der Waals surface area contributed by atoms with Crippen molar-refractivity contribution < 1.29 is 14.3 Å². The lowest BCUT2D eigenvalue weighted by Gasteiger charge is -2.19. The van der Waals surface area contributed by atoms with E-state index in [1.54, 1.807) is 26.6 Å². The maximum absolute atomic E-state index is 13.0. The zero-order chi connectivity index (χ0) is 22.0. The Morgan fingerprint density at radius 2 is 1.84 bits per heavy atom. The van der Waals surface area contributed by atoms with Crippen molar-refractivity contribution in [2.24, 2.45) is 5.92 Å². The molecule has 3 atom stereocenters. The largest absolute Gasteiger partial charge is 0.493 e. The van der Waals surface area contributed by atoms with Gasteiger partial charge in [0, 0.05) is 23.9 Å². The van der Waals surface area contributed by atoms with Crippen molar-refractivity contribution in [1.29, 1.82) is 0 Å². The first kappa shape index (κ1) is 21.2. The number of ether oxygens (including phenoxy) is 2. The summed E-state index contributed by atoms with van der Waals surface area (Å²) in [7, 11) is 3.19. The Kier molecular flexibility index (Phi) is 6.17. The molecule has 3 N–H and O–H groups in total. The fourth-order valence-corrected chi connectivity index (χ4v) is 4.63. The van der Waals surface area contributed by atoms with Crippen LogP contribution in [0.25, 0.3) is 10.6 Å². The van der Waals surface area contributed by atoms with Gasteiger partial charge < -0.3 is 14.8 Å². The zero-order valence-electron chi connectivity index (χ0n) is 17.8. The standard InChI is InChI=1S/C22H25N5O3S/c1-12-18(14-7-9-23-10-8-14)26-27-20(12)25-21(28)19-13(2)24-22(31-19)15-5-6-16(29-3)17(11-15)30-4/h5-12,18,20,26-27H,1-4H3,(H,25,28). The molecule has 0 spiro atoms. The SMILES string of the molecule is COc1ccc(-c2nc(C)c(C(=O)NC3NNC(c4ccncc4)C3C)s2)cc1OC. The lowest BCUT2D eigenvalue weighted by atomic mass is 9.95. The number of hydrazine groups is 1. The van der Waals surface area contributed by atoms with Crippen LogP contribution in [0.4, 0.5) is 0 Å². The maximum atomic E-state index is 13.0. The van der Waals surface area contributed by atoms with Crippen molar-refractivity contribution in [2.75, 3.05) is 14.2 Å². The molecule has 0 radical (unpaired) electrons. The van der Waals surface area contributed by atoms with E-state index in [0.29, 0.717) is 22.1 Å². The summed E-state index contributed by atoms with van der Waals surface area (Å²) in [5, 5.41) is 3.84. The molecule has 0 aliphatic carbocycles. The smallest absolute Gasteiger partial charge is 0.264 e. The molecular formula is C22H25N5O3S. The summed E-state index contributed by atoms with van der Waals surface area (Å²) in [5.74, 6) is 1.26. The highest BCUT2D eigenvalue weighted by molar-refractivity contribution is 7.17. The monoisotopic (exact) mass is 439 g/mol. The molecule has 9 heteroatoms. The Morgan fingerprint density at radius 3 is 2.55 bits per heavy atom. The number of rotatable bonds is 6. The van der Waals surface area contributed by atoms with Crippen LogP contribution in [0.1, 0.15) is 33.9 Å². The second kappa shape index (κ2) is 9.01. The first-order valence-corrected chi connectivity index (χ1v) is 10.7. The molecule has 1 saturated heterocycles. The van der Waals surface area contributed by atoms with Gasteiger partial charge in [0.2, 0.25) is 0 Å². The van der Waals surface area contributed by atoms with E-state index in [2.05, 4.69) is 33.1 Å². The van der Waals surface area contributed by atoms with Crippen molar-refractivity contribution in [3.05, 3.63) is 58.9 Å². The molecular weight excluding hydrogens is 414 g/mol. The minimum Gasteiger partial charge on any atom is -0.493 e. The van der Waals surface area contributed by atoms with Crippen molar-refractivity contribution in [3.8, 4) is 22.1 Å². The number of nitrogens with zero attached hydrogens (tertiary/aromatic N) is 2. The number of methoxy groups -OCH3 is 2. The van der Waals surface area contributed by atoms with Gasteiger partial charge in [-0.25, -0.2) is 15.8 Å². The van der Waals surface area contributed by atoms with Crippen molar-refractivity contribution >= 4 is 17.2 Å². The molecule has 1 aliphatic heterocycles. The molecule has 31 heavy (non-hydrogen) atoms. The normalized spacial score (nSPS) is 20.5. The predicted molar refractivity (Wildman–Crippen MR) is 119 cm³/mol. The number of hydrogen-bond donors (Lipinski definition) is 3. The van der Waals surface area contributed by atoms with Gasteiger partial charge in [0.05, 0.1) is 32.1 Å². The molecule has 3 unspecified atom stereocenters. The van der Waals surface area contributed by atoms with Gasteiger partial charge >= 0.3 is 0 Å². The molecule has 1 aromatic carbocycles. The van der Waals surface area contributed by atoms with E-state index in [0.717, 1.165) is 16.1 Å². The fourth-order valence-electron chi connectivity index (χ4n) is 3.67. The predicted octanol–water partition coefficient (Wildman–Crippen LogP) is 3.07. The molecule has 3 heterocycles. The third-order valence-electron chi connectivity index (χ3n) is 5.43. The van der Waals surface area contributed by atoms with Gasteiger partial charge in [0.1, 0.15) is 9.88 Å². The van der Waals surface area contributed by atoms with Gasteiger partial charge in [-0.15, -0.1) is 11.3 Å². The van der Waals surface area contributed by atoms with E-state index in [1.165, 1.54) is 11.3 Å². The van der Waals surface area contributed by atoms with Gasteiger partial charge in [0.15, 0.2) is 11.5 Å². The fraction of sp³-hybridized carbons (Fsp3) is 0.318. The summed E-state index contributed by atoms with van der Waals surface area (Å²) in [5.41, 5.74) is 9.15. The summed E-state index contributed by atoms with van der Waals surface area (Å²) < 4.78 is 10.7. The van der Waals surface area contributed by atoms with Crippen LogP contribution in [0.2, 0.25) is 0 Å². The van der Waals surface area contributed by atoms with E-state index < -0.39 is 0 Å². The molecule has 0 saturated carbocycles. The highest BCUT2D eigenvalue weighted by atomic mass is 32.1. The molecule has 1 amide bonds. The Morgan fingerprint density at radius 1 is 1.10 bits per heavy atom. The van der Waals surface area contributed by atoms with Crippen LogP contribution in [-0.4, -0.2) is 36.3 Å². The van der Waals surface area contributed by atoms with Crippen LogP contribution in [0.3, 0.4) is 0 Å². The number of aryl methyl sites for hydroxylation is 1. The van der Waals surface area contributed by atoms with Crippen LogP contribution >= 0.6 is 11.3 Å². The third kappa shape index (κ3) is 4.25. The lowest BCUT2D eigenvalue weighted by Crippen LogP contribution is -2.46. The van der Waals surface area contributed by atoms with E-state index in [9.17, 15) is 4.79 Å². The lowest BCUT2D eigenvalue weighted by molar-refractivity contribution is 0.0926. The minimum atomic E-state index is -0.211. The first-order chi connectivity index (χ1) is 15.0. The van der Waals surface area contributed by atoms with Crippen LogP contribution < -0.4 is 25.6 Å². The topological polar surface area (TPSA) is 97.4 Å². The minimum absolute atomic E-state index is 0.0817. The Bertz CT molecular complexity index is 1070. The van der Waals surface area contributed by atoms with E-state index in [4.69, 9.17) is 9.47 Å². The Hall–Kier alpha value is -3.01. The number of carbonyl (C=O) groups excluding carboxylic acids is 1. The quantitative estimate of drug-likeness (QED) is 0.543. The number of thiazole rings is 1. The average molecular weight is 440 g/mol. The van der Waals surface area contributed by atoms with E-state index in [-0.39, 0.29) is 24.0 Å². The number of aromatic nitrogens is 2. The molecule has 0 bridgehead atoms. The van der Waals surface area contributed by atoms with E-state index in [1.807, 2.05) is 37.3 Å². The third-order valence-corrected chi connectivity index (χ3v) is 6.64. The van der Waals surface area contributed by atoms with Crippen LogP contribution in [0, 0.1) is 12.8 Å². The maximum Gasteiger partial charge on any atom is 0.264 e. The highest BCUT2D eigenvalue weighted by Gasteiger charge is 2.34. The number of pyridine rings is 1. The Labute approximate surface area is 185 Å². The second-order valence-electron chi connectivity index (χ2n) is 7.36. The van der Waals surface area contributed by atoms with Crippen molar-refractivity contribution in [1.82, 2.24) is 26.1 Å². The van der Waals surface area contributed by atoms with Gasteiger partial charge in [-0.1, -0.05) is 6.92 Å². The van der Waals surface area contributed by atoms with Gasteiger partial charge in [-0.2, -0.15) is 0 Å². The summed E-state index contributed by atoms with van der Waals surface area (Å²) in [6.07, 6.45) is 3.33. The number of amides is 1. The summed E-state index contributed by atoms with van der Waals surface area (Å²) in [6, 6.07) is 9.64. The summed E-state index contributed by atoms with van der Waals surface area (Å²) in [4.78, 5) is 22.3. The van der Waals surface area contributed by atoms with Crippen LogP contribution in [0.15, 0.2) is 42.7 Å². The number of hydrogen-bond acceptors (Lipinski definition) is 8. The van der Waals surface area contributed by atoms with Crippen molar-refractivity contribution in [2.45, 2.75) is 26.1 Å². The summed E-state index contributed by atoms with van der Waals surface area (Å²) >= 11 is 1.36. The average Bonchev–Trinajstić information content (AvgIpc) is 3.36. The van der Waals surface area contributed by atoms with Crippen LogP contribution in [0.5, 0.6) is 11.5 Å². The second-order valence-corrected chi connectivity index (χ2v) is 8.36. The van der Waals surface area contributed by atoms with E-state index >= 15 is 0 Å². The zero-order valence-corrected chi connectivity index (χ0v) is 18.6. The molecule has 4 rings (SSSR count). The van der Waals surface area contributed by atoms with Gasteiger partial charge in [-0.3, -0.25) is 9.78 Å². The van der Waals surface area contributed by atoms with Crippen molar-refractivity contribution in [3.63, 3.8) is 0 Å². The Balaban J connectivity index is 1.50. The highest BCUT2D eigenvalue weighted by Crippen LogP contribution is 2.35. The molecule has 3 aromatic rings. The number of carbonyl (C=O) groups is 1. The van der Waals surface area contributed by atoms with Crippen LogP contribution in [-0.2, 0) is 0 Å². The van der Waals surface area contributed by atoms with Gasteiger partial charge in [-0.05, 0) is 42.8 Å². The molecule has 8 nitrogen and oxygen atoms in total. The number of benzene rings is 1. The molecule has 2 aromatic heterocycles. The first-order valence-electron chi connectivity index (χ1n) is 9.93. The number of nitrogens with one attached hydrogen (secondary N) is 3. The molecule has 162 valence electrons.